The van der Waals surface area contributed by atoms with Crippen molar-refractivity contribution in [3.05, 3.63) is 74.4 Å². The van der Waals surface area contributed by atoms with Gasteiger partial charge in [-0.3, -0.25) is 4.90 Å². The van der Waals surface area contributed by atoms with Gasteiger partial charge in [0, 0.05) is 21.1 Å². The summed E-state index contributed by atoms with van der Waals surface area (Å²) in [6, 6.07) is 15.1. The van der Waals surface area contributed by atoms with Crippen LogP contribution in [0.3, 0.4) is 0 Å². The summed E-state index contributed by atoms with van der Waals surface area (Å²) in [6.07, 6.45) is -0.181. The fourth-order valence-corrected chi connectivity index (χ4v) is 4.89. The Morgan fingerprint density at radius 1 is 1.04 bits per heavy atom. The predicted octanol–water partition coefficient (Wildman–Crippen LogP) is 5.64. The molecule has 0 radical (unpaired) electrons. The first kappa shape index (κ1) is 17.6. The summed E-state index contributed by atoms with van der Waals surface area (Å²) in [7, 11) is 0. The highest BCUT2D eigenvalue weighted by molar-refractivity contribution is 9.10. The Bertz CT molecular complexity index is 1040. The van der Waals surface area contributed by atoms with Crippen LogP contribution < -0.4 is 4.74 Å². The molecule has 2 heterocycles. The predicted molar refractivity (Wildman–Crippen MR) is 110 cm³/mol. The second-order valence-electron chi connectivity index (χ2n) is 6.80. The van der Waals surface area contributed by atoms with Gasteiger partial charge < -0.3 is 9.47 Å². The maximum absolute atomic E-state index is 14.2. The SMILES string of the molecule is Fc1ccc(Br)c(C2c3c(ccc4cc(Br)ccc34)OC3COCCN32)c1. The molecule has 2 atom stereocenters. The number of halogens is 3. The van der Waals surface area contributed by atoms with E-state index >= 15 is 0 Å². The second kappa shape index (κ2) is 6.85. The number of hydrogen-bond acceptors (Lipinski definition) is 3. The maximum Gasteiger partial charge on any atom is 0.177 e. The summed E-state index contributed by atoms with van der Waals surface area (Å²) in [5.41, 5.74) is 1.98. The van der Waals surface area contributed by atoms with E-state index in [-0.39, 0.29) is 18.1 Å². The molecule has 0 aromatic heterocycles. The monoisotopic (exact) mass is 491 g/mol. The molecule has 138 valence electrons. The van der Waals surface area contributed by atoms with Crippen molar-refractivity contribution in [3.8, 4) is 5.75 Å². The maximum atomic E-state index is 14.2. The lowest BCUT2D eigenvalue weighted by Crippen LogP contribution is -2.53. The third-order valence-electron chi connectivity index (χ3n) is 5.23. The molecule has 0 spiro atoms. The Hall–Kier alpha value is -1.47. The van der Waals surface area contributed by atoms with Crippen molar-refractivity contribution < 1.29 is 13.9 Å². The minimum absolute atomic E-state index is 0.113. The van der Waals surface area contributed by atoms with E-state index in [4.69, 9.17) is 9.47 Å². The molecule has 2 aliphatic rings. The highest BCUT2D eigenvalue weighted by Gasteiger charge is 2.40. The van der Waals surface area contributed by atoms with Gasteiger partial charge in [0.05, 0.1) is 19.3 Å². The van der Waals surface area contributed by atoms with Gasteiger partial charge in [-0.25, -0.2) is 4.39 Å². The Balaban J connectivity index is 1.80. The van der Waals surface area contributed by atoms with Crippen LogP contribution in [-0.2, 0) is 4.74 Å². The van der Waals surface area contributed by atoms with E-state index in [9.17, 15) is 4.39 Å². The van der Waals surface area contributed by atoms with Crippen molar-refractivity contribution in [2.75, 3.05) is 19.8 Å². The van der Waals surface area contributed by atoms with Crippen LogP contribution in [0.4, 0.5) is 4.39 Å². The lowest BCUT2D eigenvalue weighted by Gasteiger charge is -2.45. The van der Waals surface area contributed by atoms with Gasteiger partial charge >= 0.3 is 0 Å². The molecule has 3 aromatic carbocycles. The fourth-order valence-electron chi connectivity index (χ4n) is 4.05. The molecule has 27 heavy (non-hydrogen) atoms. The zero-order chi connectivity index (χ0) is 18.5. The van der Waals surface area contributed by atoms with Crippen LogP contribution in [0.15, 0.2) is 57.5 Å². The van der Waals surface area contributed by atoms with Crippen LogP contribution in [0.25, 0.3) is 10.8 Å². The average Bonchev–Trinajstić information content (AvgIpc) is 2.68. The van der Waals surface area contributed by atoms with E-state index in [2.05, 4.69) is 55.0 Å². The van der Waals surface area contributed by atoms with Gasteiger partial charge in [0.15, 0.2) is 6.23 Å². The number of ether oxygens (including phenoxy) is 2. The van der Waals surface area contributed by atoms with Crippen LogP contribution in [0.1, 0.15) is 17.2 Å². The van der Waals surface area contributed by atoms with E-state index in [1.54, 1.807) is 12.1 Å². The molecule has 6 heteroatoms. The van der Waals surface area contributed by atoms with Crippen molar-refractivity contribution in [1.82, 2.24) is 4.90 Å². The molecule has 2 aliphatic heterocycles. The molecule has 0 bridgehead atoms. The van der Waals surface area contributed by atoms with E-state index in [0.29, 0.717) is 13.2 Å². The molecule has 0 saturated carbocycles. The fraction of sp³-hybridized carbons (Fsp3) is 0.238. The van der Waals surface area contributed by atoms with Crippen molar-refractivity contribution in [1.29, 1.82) is 0 Å². The minimum atomic E-state index is -0.242. The highest BCUT2D eigenvalue weighted by atomic mass is 79.9. The summed E-state index contributed by atoms with van der Waals surface area (Å²) in [4.78, 5) is 2.27. The smallest absolute Gasteiger partial charge is 0.177 e. The quantitative estimate of drug-likeness (QED) is 0.438. The number of nitrogens with zero attached hydrogens (tertiary/aromatic N) is 1. The van der Waals surface area contributed by atoms with Gasteiger partial charge in [0.25, 0.3) is 0 Å². The molecule has 0 aliphatic carbocycles. The molecule has 2 unspecified atom stereocenters. The summed E-state index contributed by atoms with van der Waals surface area (Å²) in [5.74, 6) is 0.590. The van der Waals surface area contributed by atoms with E-state index in [0.717, 1.165) is 43.1 Å². The zero-order valence-corrected chi connectivity index (χ0v) is 17.5. The lowest BCUT2D eigenvalue weighted by atomic mass is 9.90. The number of hydrogen-bond donors (Lipinski definition) is 0. The summed E-state index contributed by atoms with van der Waals surface area (Å²) in [6.45, 7) is 1.86. The molecule has 1 fully saturated rings. The summed E-state index contributed by atoms with van der Waals surface area (Å²) < 4.78 is 28.0. The standard InChI is InChI=1S/C21H16Br2FNO2/c22-13-2-4-15-12(9-13)1-6-18-20(15)21(16-10-14(24)3-5-17(16)23)25-7-8-26-11-19(25)27-18/h1-6,9-10,19,21H,7-8,11H2. The van der Waals surface area contributed by atoms with Crippen LogP contribution in [0.5, 0.6) is 5.75 Å². The Labute approximate surface area is 173 Å². The third kappa shape index (κ3) is 2.99. The van der Waals surface area contributed by atoms with Gasteiger partial charge in [0.1, 0.15) is 11.6 Å². The molecular formula is C21H16Br2FNO2. The van der Waals surface area contributed by atoms with Gasteiger partial charge in [-0.15, -0.1) is 0 Å². The van der Waals surface area contributed by atoms with E-state index < -0.39 is 0 Å². The first-order chi connectivity index (χ1) is 13.1. The van der Waals surface area contributed by atoms with E-state index in [1.165, 1.54) is 6.07 Å². The molecule has 0 amide bonds. The van der Waals surface area contributed by atoms with Crippen molar-refractivity contribution in [2.45, 2.75) is 12.3 Å². The molecule has 3 aromatic rings. The second-order valence-corrected chi connectivity index (χ2v) is 8.57. The van der Waals surface area contributed by atoms with Crippen LogP contribution in [-0.4, -0.2) is 30.9 Å². The number of fused-ring (bicyclic) bond motifs is 4. The normalized spacial score (nSPS) is 22.2. The average molecular weight is 493 g/mol. The minimum Gasteiger partial charge on any atom is -0.472 e. The van der Waals surface area contributed by atoms with Crippen LogP contribution in [0.2, 0.25) is 0 Å². The lowest BCUT2D eigenvalue weighted by molar-refractivity contribution is -0.115. The molecule has 0 N–H and O–H groups in total. The summed E-state index contributed by atoms with van der Waals surface area (Å²) >= 11 is 7.19. The van der Waals surface area contributed by atoms with Crippen molar-refractivity contribution >= 4 is 42.6 Å². The van der Waals surface area contributed by atoms with Gasteiger partial charge in [-0.1, -0.05) is 44.0 Å². The van der Waals surface area contributed by atoms with Crippen LogP contribution >= 0.6 is 31.9 Å². The largest absolute Gasteiger partial charge is 0.472 e. The molecular weight excluding hydrogens is 477 g/mol. The molecule has 1 saturated heterocycles. The Kier molecular flexibility index (Phi) is 4.47. The van der Waals surface area contributed by atoms with Gasteiger partial charge in [0.2, 0.25) is 0 Å². The van der Waals surface area contributed by atoms with E-state index in [1.807, 2.05) is 12.1 Å². The first-order valence-corrected chi connectivity index (χ1v) is 10.4. The van der Waals surface area contributed by atoms with Gasteiger partial charge in [-0.2, -0.15) is 0 Å². The van der Waals surface area contributed by atoms with Crippen molar-refractivity contribution in [3.63, 3.8) is 0 Å². The number of morpholine rings is 1. The first-order valence-electron chi connectivity index (χ1n) is 8.79. The van der Waals surface area contributed by atoms with Crippen molar-refractivity contribution in [2.24, 2.45) is 0 Å². The van der Waals surface area contributed by atoms with Gasteiger partial charge in [-0.05, 0) is 52.7 Å². The molecule has 3 nitrogen and oxygen atoms in total. The summed E-state index contributed by atoms with van der Waals surface area (Å²) in [5, 5.41) is 2.23. The number of rotatable bonds is 1. The topological polar surface area (TPSA) is 21.7 Å². The Morgan fingerprint density at radius 2 is 1.93 bits per heavy atom. The van der Waals surface area contributed by atoms with Crippen LogP contribution in [0, 0.1) is 5.82 Å². The third-order valence-corrected chi connectivity index (χ3v) is 6.44. The highest BCUT2D eigenvalue weighted by Crippen LogP contribution is 2.47. The number of benzene rings is 3. The molecule has 5 rings (SSSR count). The Morgan fingerprint density at radius 3 is 2.81 bits per heavy atom. The zero-order valence-electron chi connectivity index (χ0n) is 14.3.